The Morgan fingerprint density at radius 1 is 1.39 bits per heavy atom. The van der Waals surface area contributed by atoms with E-state index in [1.165, 1.54) is 11.8 Å². The van der Waals surface area contributed by atoms with Gasteiger partial charge in [0.1, 0.15) is 5.03 Å². The molecule has 0 radical (unpaired) electrons. The van der Waals surface area contributed by atoms with Crippen LogP contribution in [-0.4, -0.2) is 35.7 Å². The van der Waals surface area contributed by atoms with Gasteiger partial charge in [-0.2, -0.15) is 15.3 Å². The van der Waals surface area contributed by atoms with Crippen molar-refractivity contribution in [2.24, 2.45) is 0 Å². The minimum Gasteiger partial charge on any atom is -0.400 e. The molecule has 0 amide bonds. The van der Waals surface area contributed by atoms with Gasteiger partial charge >= 0.3 is 6.01 Å². The molecule has 0 bridgehead atoms. The van der Waals surface area contributed by atoms with E-state index >= 15 is 0 Å². The first-order chi connectivity index (χ1) is 8.81. The average molecular weight is 266 g/mol. The molecule has 0 aromatic carbocycles. The van der Waals surface area contributed by atoms with E-state index in [2.05, 4.69) is 35.7 Å². The lowest BCUT2D eigenvalue weighted by Gasteiger charge is -1.88. The normalized spacial score (nSPS) is 10.9. The minimum atomic E-state index is -0.0478. The third-order valence-corrected chi connectivity index (χ3v) is 2.72. The Balaban J connectivity index is 1.70. The summed E-state index contributed by atoms with van der Waals surface area (Å²) in [6.45, 7) is 0. The van der Waals surface area contributed by atoms with Crippen molar-refractivity contribution < 1.29 is 8.94 Å². The molecule has 3 aromatic heterocycles. The highest BCUT2D eigenvalue weighted by Crippen LogP contribution is 2.20. The van der Waals surface area contributed by atoms with Gasteiger partial charge in [-0.3, -0.25) is 0 Å². The number of aromatic amines is 1. The maximum absolute atomic E-state index is 5.30. The summed E-state index contributed by atoms with van der Waals surface area (Å²) in [6, 6.07) is -0.0478. The molecule has 0 unspecified atom stereocenters. The third-order valence-electron chi connectivity index (χ3n) is 1.84. The summed E-state index contributed by atoms with van der Waals surface area (Å²) in [5.74, 6) is 1.20. The van der Waals surface area contributed by atoms with Crippen LogP contribution in [0.25, 0.3) is 11.7 Å². The fourth-order valence-corrected chi connectivity index (χ4v) is 1.74. The molecule has 0 saturated heterocycles. The molecule has 11 heteroatoms. The molecule has 0 fully saturated rings. The van der Waals surface area contributed by atoms with Crippen molar-refractivity contribution in [3.05, 3.63) is 12.1 Å². The first-order valence-electron chi connectivity index (χ1n) is 4.72. The van der Waals surface area contributed by atoms with E-state index in [-0.39, 0.29) is 17.7 Å². The predicted octanol–water partition coefficient (Wildman–Crippen LogP) is 0.112. The van der Waals surface area contributed by atoms with E-state index in [0.717, 1.165) is 5.03 Å². The summed E-state index contributed by atoms with van der Waals surface area (Å²) in [7, 11) is 0. The van der Waals surface area contributed by atoms with Crippen molar-refractivity contribution in [3.8, 4) is 11.7 Å². The lowest BCUT2D eigenvalue weighted by molar-refractivity contribution is 0.390. The number of hydrogen-bond donors (Lipinski definition) is 2. The molecule has 0 aliphatic heterocycles. The molecule has 0 aliphatic carbocycles. The van der Waals surface area contributed by atoms with E-state index in [9.17, 15) is 0 Å². The Hall–Kier alpha value is -2.43. The Bertz CT molecular complexity index is 631. The molecule has 3 N–H and O–H groups in total. The maximum Gasteiger partial charge on any atom is 0.313 e. The second-order valence-corrected chi connectivity index (χ2v) is 4.05. The highest BCUT2D eigenvalue weighted by atomic mass is 32.2. The molecule has 0 atom stereocenters. The van der Waals surface area contributed by atoms with Gasteiger partial charge in [0.25, 0.3) is 11.7 Å². The molecular weight excluding hydrogens is 260 g/mol. The van der Waals surface area contributed by atoms with Crippen LogP contribution in [0, 0.1) is 0 Å². The first-order valence-corrected chi connectivity index (χ1v) is 5.70. The number of thioether (sulfide) groups is 1. The summed E-state index contributed by atoms with van der Waals surface area (Å²) >= 11 is 1.40. The van der Waals surface area contributed by atoms with Crippen LogP contribution >= 0.6 is 11.8 Å². The zero-order valence-electron chi connectivity index (χ0n) is 8.77. The number of rotatable bonds is 4. The summed E-state index contributed by atoms with van der Waals surface area (Å²) in [4.78, 5) is 4.08. The van der Waals surface area contributed by atoms with Crippen LogP contribution in [0.4, 0.5) is 6.01 Å². The van der Waals surface area contributed by atoms with Gasteiger partial charge in [-0.1, -0.05) is 22.0 Å². The van der Waals surface area contributed by atoms with E-state index in [1.807, 2.05) is 0 Å². The number of nitrogens with two attached hydrogens (primary N) is 1. The topological polar surface area (TPSA) is 145 Å². The number of hydrogen-bond acceptors (Lipinski definition) is 10. The van der Waals surface area contributed by atoms with Crippen LogP contribution in [0.1, 0.15) is 5.89 Å². The highest BCUT2D eigenvalue weighted by Gasteiger charge is 2.14. The quantitative estimate of drug-likeness (QED) is 0.623. The number of H-pyrrole nitrogens is 1. The second kappa shape index (κ2) is 4.44. The van der Waals surface area contributed by atoms with Crippen LogP contribution < -0.4 is 5.73 Å². The Morgan fingerprint density at radius 3 is 3.06 bits per heavy atom. The monoisotopic (exact) mass is 266 g/mol. The first kappa shape index (κ1) is 10.7. The van der Waals surface area contributed by atoms with Crippen LogP contribution in [0.3, 0.4) is 0 Å². The molecular formula is C7H6N8O2S. The molecule has 0 spiro atoms. The van der Waals surface area contributed by atoms with Gasteiger partial charge in [0.2, 0.25) is 5.89 Å². The average Bonchev–Trinajstić information content (AvgIpc) is 3.07. The lowest BCUT2D eigenvalue weighted by Crippen LogP contribution is -1.83. The van der Waals surface area contributed by atoms with Gasteiger partial charge in [0.15, 0.2) is 0 Å². The van der Waals surface area contributed by atoms with E-state index < -0.39 is 0 Å². The van der Waals surface area contributed by atoms with E-state index in [4.69, 9.17) is 14.7 Å². The molecule has 3 rings (SSSR count). The van der Waals surface area contributed by atoms with Crippen molar-refractivity contribution in [2.75, 3.05) is 5.73 Å². The molecule has 3 heterocycles. The maximum atomic E-state index is 5.30. The van der Waals surface area contributed by atoms with Crippen molar-refractivity contribution in [3.63, 3.8) is 0 Å². The van der Waals surface area contributed by atoms with Gasteiger partial charge in [0, 0.05) is 0 Å². The van der Waals surface area contributed by atoms with Gasteiger partial charge in [0.05, 0.1) is 11.9 Å². The lowest BCUT2D eigenvalue weighted by atomic mass is 10.6. The van der Waals surface area contributed by atoms with Gasteiger partial charge in [-0.15, -0.1) is 10.2 Å². The predicted molar refractivity (Wildman–Crippen MR) is 57.9 cm³/mol. The second-order valence-electron chi connectivity index (χ2n) is 3.05. The number of nitrogen functional groups attached to an aromatic ring is 1. The van der Waals surface area contributed by atoms with Gasteiger partial charge < -0.3 is 14.7 Å². The van der Waals surface area contributed by atoms with E-state index in [0.29, 0.717) is 11.6 Å². The van der Waals surface area contributed by atoms with Crippen LogP contribution in [-0.2, 0) is 5.75 Å². The molecule has 0 aliphatic rings. The van der Waals surface area contributed by atoms with Crippen LogP contribution in [0.2, 0.25) is 0 Å². The Labute approximate surface area is 103 Å². The standard InChI is InChI=1S/C7H6N8O2S/c8-7-13-12-6(16-7)5-10-3(17-14-5)2-18-4-1-9-15-11-4/h1H,2H2,(H2,8,13)(H,9,11,15). The van der Waals surface area contributed by atoms with E-state index in [1.54, 1.807) is 6.20 Å². The third kappa shape index (κ3) is 2.15. The zero-order chi connectivity index (χ0) is 12.4. The molecule has 3 aromatic rings. The van der Waals surface area contributed by atoms with Gasteiger partial charge in [-0.05, 0) is 0 Å². The number of nitrogens with one attached hydrogen (secondary N) is 1. The largest absolute Gasteiger partial charge is 0.400 e. The highest BCUT2D eigenvalue weighted by molar-refractivity contribution is 7.98. The molecule has 10 nitrogen and oxygen atoms in total. The number of aromatic nitrogens is 7. The molecule has 92 valence electrons. The summed E-state index contributed by atoms with van der Waals surface area (Å²) in [6.07, 6.45) is 1.60. The smallest absolute Gasteiger partial charge is 0.313 e. The Morgan fingerprint density at radius 2 is 2.33 bits per heavy atom. The molecule has 0 saturated carbocycles. The summed E-state index contributed by atoms with van der Waals surface area (Å²) in [5, 5.41) is 21.7. The summed E-state index contributed by atoms with van der Waals surface area (Å²) in [5.41, 5.74) is 5.30. The Kier molecular flexibility index (Phi) is 2.64. The van der Waals surface area contributed by atoms with Crippen molar-refractivity contribution in [1.29, 1.82) is 0 Å². The van der Waals surface area contributed by atoms with Crippen molar-refractivity contribution in [2.45, 2.75) is 10.8 Å². The van der Waals surface area contributed by atoms with Crippen molar-refractivity contribution >= 4 is 17.8 Å². The van der Waals surface area contributed by atoms with Crippen LogP contribution in [0.15, 0.2) is 20.2 Å². The van der Waals surface area contributed by atoms with Crippen LogP contribution in [0.5, 0.6) is 0 Å². The SMILES string of the molecule is Nc1nnc(-c2noc(CSc3cn[nH]n3)n2)o1. The fourth-order valence-electron chi connectivity index (χ4n) is 1.12. The minimum absolute atomic E-state index is 0.0478. The number of nitrogens with zero attached hydrogens (tertiary/aromatic N) is 6. The zero-order valence-corrected chi connectivity index (χ0v) is 9.59. The number of anilines is 1. The molecule has 18 heavy (non-hydrogen) atoms. The fraction of sp³-hybridized carbons (Fsp3) is 0.143. The summed E-state index contributed by atoms with van der Waals surface area (Å²) < 4.78 is 9.99. The van der Waals surface area contributed by atoms with Crippen molar-refractivity contribution in [1.82, 2.24) is 35.7 Å². The van der Waals surface area contributed by atoms with Gasteiger partial charge in [-0.25, -0.2) is 0 Å².